The summed E-state index contributed by atoms with van der Waals surface area (Å²) in [6.07, 6.45) is 0. The van der Waals surface area contributed by atoms with E-state index in [-0.39, 0.29) is 5.75 Å². The standard InChI is InChI=1S/C15H14O/c1-11-8-9-15(16)14(10-11)12(2)13-6-4-3-5-7-13/h3-10,16H,2H2,1H3. The smallest absolute Gasteiger partial charge is 0.123 e. The summed E-state index contributed by atoms with van der Waals surface area (Å²) < 4.78 is 0. The minimum Gasteiger partial charge on any atom is -0.507 e. The fourth-order valence-corrected chi connectivity index (χ4v) is 1.69. The molecule has 0 saturated heterocycles. The summed E-state index contributed by atoms with van der Waals surface area (Å²) in [5.41, 5.74) is 3.79. The van der Waals surface area contributed by atoms with Crippen molar-refractivity contribution in [2.75, 3.05) is 0 Å². The molecule has 0 aliphatic carbocycles. The maximum Gasteiger partial charge on any atom is 0.123 e. The van der Waals surface area contributed by atoms with E-state index in [9.17, 15) is 5.11 Å². The average Bonchev–Trinajstić information content (AvgIpc) is 2.32. The van der Waals surface area contributed by atoms with Gasteiger partial charge in [0.25, 0.3) is 0 Å². The summed E-state index contributed by atoms with van der Waals surface area (Å²) in [5.74, 6) is 0.277. The molecule has 1 heteroatoms. The van der Waals surface area contributed by atoms with Crippen LogP contribution in [-0.4, -0.2) is 5.11 Å². The van der Waals surface area contributed by atoms with Gasteiger partial charge in [0.15, 0.2) is 0 Å². The van der Waals surface area contributed by atoms with Gasteiger partial charge in [-0.25, -0.2) is 0 Å². The zero-order valence-corrected chi connectivity index (χ0v) is 9.27. The lowest BCUT2D eigenvalue weighted by molar-refractivity contribution is 0.473. The SMILES string of the molecule is C=C(c1ccccc1)c1cc(C)ccc1O. The quantitative estimate of drug-likeness (QED) is 0.800. The number of aryl methyl sites for hydroxylation is 1. The Morgan fingerprint density at radius 1 is 1.06 bits per heavy atom. The van der Waals surface area contributed by atoms with Gasteiger partial charge in [0.1, 0.15) is 5.75 Å². The minimum absolute atomic E-state index is 0.277. The van der Waals surface area contributed by atoms with Crippen molar-refractivity contribution in [1.29, 1.82) is 0 Å². The first-order valence-electron chi connectivity index (χ1n) is 5.23. The highest BCUT2D eigenvalue weighted by molar-refractivity contribution is 5.81. The molecule has 0 spiro atoms. The third kappa shape index (κ3) is 1.98. The molecule has 0 fully saturated rings. The second-order valence-corrected chi connectivity index (χ2v) is 3.87. The summed E-state index contributed by atoms with van der Waals surface area (Å²) in [6.45, 7) is 6.04. The number of aromatic hydroxyl groups is 1. The molecular weight excluding hydrogens is 196 g/mol. The van der Waals surface area contributed by atoms with E-state index >= 15 is 0 Å². The highest BCUT2D eigenvalue weighted by atomic mass is 16.3. The number of hydrogen-bond donors (Lipinski definition) is 1. The number of phenols is 1. The van der Waals surface area contributed by atoms with Crippen LogP contribution in [0.4, 0.5) is 0 Å². The van der Waals surface area contributed by atoms with Crippen molar-refractivity contribution in [3.63, 3.8) is 0 Å². The number of benzene rings is 2. The van der Waals surface area contributed by atoms with Crippen LogP contribution in [0.3, 0.4) is 0 Å². The Balaban J connectivity index is 2.46. The maximum atomic E-state index is 9.81. The Hall–Kier alpha value is -2.02. The van der Waals surface area contributed by atoms with Crippen LogP contribution in [-0.2, 0) is 0 Å². The molecular formula is C15H14O. The van der Waals surface area contributed by atoms with Crippen LogP contribution in [0.1, 0.15) is 16.7 Å². The van der Waals surface area contributed by atoms with Crippen LogP contribution in [0.5, 0.6) is 5.75 Å². The normalized spacial score (nSPS) is 10.1. The zero-order valence-electron chi connectivity index (χ0n) is 9.27. The molecule has 0 amide bonds. The molecule has 0 aromatic heterocycles. The zero-order chi connectivity index (χ0) is 11.5. The van der Waals surface area contributed by atoms with E-state index < -0.39 is 0 Å². The van der Waals surface area contributed by atoms with Gasteiger partial charge < -0.3 is 5.11 Å². The number of phenolic OH excluding ortho intramolecular Hbond substituents is 1. The van der Waals surface area contributed by atoms with Gasteiger partial charge in [-0.1, -0.05) is 48.5 Å². The van der Waals surface area contributed by atoms with Crippen molar-refractivity contribution < 1.29 is 5.11 Å². The Morgan fingerprint density at radius 2 is 1.75 bits per heavy atom. The van der Waals surface area contributed by atoms with Gasteiger partial charge in [0, 0.05) is 5.56 Å². The third-order valence-electron chi connectivity index (χ3n) is 2.60. The summed E-state index contributed by atoms with van der Waals surface area (Å²) in [4.78, 5) is 0. The fourth-order valence-electron chi connectivity index (χ4n) is 1.69. The molecule has 0 heterocycles. The highest BCUT2D eigenvalue weighted by Gasteiger charge is 2.06. The van der Waals surface area contributed by atoms with E-state index in [0.717, 1.165) is 22.3 Å². The van der Waals surface area contributed by atoms with E-state index in [2.05, 4.69) is 6.58 Å². The van der Waals surface area contributed by atoms with Crippen molar-refractivity contribution in [3.05, 3.63) is 71.8 Å². The summed E-state index contributed by atoms with van der Waals surface area (Å²) in [6, 6.07) is 15.4. The van der Waals surface area contributed by atoms with E-state index in [1.165, 1.54) is 0 Å². The Labute approximate surface area is 95.7 Å². The van der Waals surface area contributed by atoms with E-state index in [4.69, 9.17) is 0 Å². The molecule has 2 rings (SSSR count). The second-order valence-electron chi connectivity index (χ2n) is 3.87. The molecule has 80 valence electrons. The van der Waals surface area contributed by atoms with Gasteiger partial charge in [0.05, 0.1) is 0 Å². The molecule has 1 nitrogen and oxygen atoms in total. The van der Waals surface area contributed by atoms with Crippen molar-refractivity contribution >= 4 is 5.57 Å². The van der Waals surface area contributed by atoms with Crippen LogP contribution in [0, 0.1) is 6.92 Å². The lowest BCUT2D eigenvalue weighted by Gasteiger charge is -2.09. The first-order valence-corrected chi connectivity index (χ1v) is 5.23. The monoisotopic (exact) mass is 210 g/mol. The molecule has 0 radical (unpaired) electrons. The molecule has 0 unspecified atom stereocenters. The molecule has 16 heavy (non-hydrogen) atoms. The second kappa shape index (κ2) is 4.23. The molecule has 0 aliphatic heterocycles. The van der Waals surface area contributed by atoms with Crippen LogP contribution in [0.25, 0.3) is 5.57 Å². The highest BCUT2D eigenvalue weighted by Crippen LogP contribution is 2.29. The molecule has 2 aromatic carbocycles. The van der Waals surface area contributed by atoms with Crippen LogP contribution in [0.15, 0.2) is 55.1 Å². The average molecular weight is 210 g/mol. The lowest BCUT2D eigenvalue weighted by atomic mass is 9.97. The largest absolute Gasteiger partial charge is 0.507 e. The predicted molar refractivity (Wildman–Crippen MR) is 67.4 cm³/mol. The summed E-state index contributed by atoms with van der Waals surface area (Å²) in [7, 11) is 0. The Morgan fingerprint density at radius 3 is 2.44 bits per heavy atom. The van der Waals surface area contributed by atoms with Crippen molar-refractivity contribution in [1.82, 2.24) is 0 Å². The van der Waals surface area contributed by atoms with Crippen molar-refractivity contribution in [2.45, 2.75) is 6.92 Å². The number of rotatable bonds is 2. The van der Waals surface area contributed by atoms with Crippen LogP contribution >= 0.6 is 0 Å². The first kappa shape index (κ1) is 10.5. The topological polar surface area (TPSA) is 20.2 Å². The van der Waals surface area contributed by atoms with Gasteiger partial charge in [-0.2, -0.15) is 0 Å². The lowest BCUT2D eigenvalue weighted by Crippen LogP contribution is -1.87. The van der Waals surface area contributed by atoms with Gasteiger partial charge in [-0.15, -0.1) is 0 Å². The van der Waals surface area contributed by atoms with Gasteiger partial charge >= 0.3 is 0 Å². The Bertz CT molecular complexity index is 512. The number of hydrogen-bond acceptors (Lipinski definition) is 1. The van der Waals surface area contributed by atoms with E-state index in [0.29, 0.717) is 0 Å². The predicted octanol–water partition coefficient (Wildman–Crippen LogP) is 3.76. The molecule has 0 aliphatic rings. The van der Waals surface area contributed by atoms with E-state index in [1.807, 2.05) is 49.4 Å². The van der Waals surface area contributed by atoms with Crippen molar-refractivity contribution in [2.24, 2.45) is 0 Å². The Kier molecular flexibility index (Phi) is 2.78. The molecule has 0 saturated carbocycles. The summed E-state index contributed by atoms with van der Waals surface area (Å²) in [5, 5.41) is 9.81. The minimum atomic E-state index is 0.277. The van der Waals surface area contributed by atoms with Crippen molar-refractivity contribution in [3.8, 4) is 5.75 Å². The maximum absolute atomic E-state index is 9.81. The molecule has 0 atom stereocenters. The van der Waals surface area contributed by atoms with Gasteiger partial charge in [-0.05, 0) is 30.2 Å². The third-order valence-corrected chi connectivity index (χ3v) is 2.60. The van der Waals surface area contributed by atoms with Crippen LogP contribution in [0.2, 0.25) is 0 Å². The first-order chi connectivity index (χ1) is 7.68. The fraction of sp³-hybridized carbons (Fsp3) is 0.0667. The summed E-state index contributed by atoms with van der Waals surface area (Å²) >= 11 is 0. The van der Waals surface area contributed by atoms with Gasteiger partial charge in [0.2, 0.25) is 0 Å². The molecule has 1 N–H and O–H groups in total. The van der Waals surface area contributed by atoms with E-state index in [1.54, 1.807) is 6.07 Å². The van der Waals surface area contributed by atoms with Crippen LogP contribution < -0.4 is 0 Å². The van der Waals surface area contributed by atoms with Gasteiger partial charge in [-0.3, -0.25) is 0 Å². The molecule has 0 bridgehead atoms. The molecule has 2 aromatic rings.